The molecular weight excluding hydrogens is 228 g/mol. The maximum atomic E-state index is 10.9. The Kier molecular flexibility index (Phi) is 2.53. The van der Waals surface area contributed by atoms with Crippen LogP contribution in [0.5, 0.6) is 0 Å². The van der Waals surface area contributed by atoms with Crippen molar-refractivity contribution in [3.63, 3.8) is 0 Å². The van der Waals surface area contributed by atoms with Crippen LogP contribution in [-0.4, -0.2) is 30.8 Å². The summed E-state index contributed by atoms with van der Waals surface area (Å²) < 4.78 is 1.06. The van der Waals surface area contributed by atoms with Crippen LogP contribution >= 0.6 is 0 Å². The van der Waals surface area contributed by atoms with Crippen molar-refractivity contribution in [2.24, 2.45) is 0 Å². The lowest BCUT2D eigenvalue weighted by Gasteiger charge is -2.02. The summed E-state index contributed by atoms with van der Waals surface area (Å²) >= 11 is 0. The van der Waals surface area contributed by atoms with Gasteiger partial charge in [-0.2, -0.15) is 5.10 Å². The van der Waals surface area contributed by atoms with Crippen molar-refractivity contribution >= 4 is 11.7 Å². The van der Waals surface area contributed by atoms with E-state index < -0.39 is 10.9 Å². The van der Waals surface area contributed by atoms with E-state index in [-0.39, 0.29) is 17.1 Å². The average molecular weight is 234 g/mol. The number of aromatic carboxylic acids is 1. The largest absolute Gasteiger partial charge is 0.478 e. The maximum absolute atomic E-state index is 10.9. The number of hydrogen-bond acceptors (Lipinski definition) is 5. The average Bonchev–Trinajstić information content (AvgIpc) is 2.78. The topological polar surface area (TPSA) is 111 Å². The second-order valence-corrected chi connectivity index (χ2v) is 3.08. The molecule has 0 spiro atoms. The van der Waals surface area contributed by atoms with Crippen LogP contribution in [0.3, 0.4) is 0 Å². The van der Waals surface area contributed by atoms with Gasteiger partial charge in [-0.25, -0.2) is 14.5 Å². The van der Waals surface area contributed by atoms with Gasteiger partial charge in [0.15, 0.2) is 5.82 Å². The van der Waals surface area contributed by atoms with Crippen LogP contribution < -0.4 is 0 Å². The number of carboxylic acids is 1. The van der Waals surface area contributed by atoms with Gasteiger partial charge in [-0.05, 0) is 12.1 Å². The van der Waals surface area contributed by atoms with Crippen molar-refractivity contribution in [3.8, 4) is 5.82 Å². The highest BCUT2D eigenvalue weighted by molar-refractivity contribution is 5.90. The third-order valence-electron chi connectivity index (χ3n) is 2.01. The van der Waals surface area contributed by atoms with Crippen LogP contribution in [0.15, 0.2) is 30.7 Å². The Balaban J connectivity index is 2.52. The Morgan fingerprint density at radius 3 is 2.88 bits per heavy atom. The molecule has 2 aromatic heterocycles. The fourth-order valence-electron chi connectivity index (χ4n) is 1.27. The molecule has 0 aromatic carbocycles. The molecule has 0 saturated carbocycles. The van der Waals surface area contributed by atoms with E-state index in [1.807, 2.05) is 0 Å². The van der Waals surface area contributed by atoms with Crippen molar-refractivity contribution in [2.75, 3.05) is 0 Å². The highest BCUT2D eigenvalue weighted by atomic mass is 16.6. The number of nitrogens with zero attached hydrogens (tertiary/aromatic N) is 4. The van der Waals surface area contributed by atoms with E-state index >= 15 is 0 Å². The first-order valence-electron chi connectivity index (χ1n) is 4.47. The van der Waals surface area contributed by atoms with Crippen LogP contribution in [0.25, 0.3) is 5.82 Å². The first kappa shape index (κ1) is 10.7. The SMILES string of the molecule is O=C(O)c1cccnc1-n1cc([N+](=O)[O-])cn1. The number of hydrogen-bond donors (Lipinski definition) is 1. The van der Waals surface area contributed by atoms with Crippen LogP contribution in [0, 0.1) is 10.1 Å². The minimum atomic E-state index is -1.17. The lowest BCUT2D eigenvalue weighted by atomic mass is 10.2. The molecule has 1 N–H and O–H groups in total. The number of rotatable bonds is 3. The standard InChI is InChI=1S/C9H6N4O4/c14-9(15)7-2-1-3-10-8(7)12-5-6(4-11-12)13(16)17/h1-5H,(H,14,15). The second kappa shape index (κ2) is 4.00. The van der Waals surface area contributed by atoms with E-state index in [4.69, 9.17) is 5.11 Å². The highest BCUT2D eigenvalue weighted by Gasteiger charge is 2.16. The molecule has 86 valence electrons. The molecule has 17 heavy (non-hydrogen) atoms. The molecule has 2 heterocycles. The van der Waals surface area contributed by atoms with Crippen LogP contribution in [0.4, 0.5) is 5.69 Å². The zero-order chi connectivity index (χ0) is 12.4. The van der Waals surface area contributed by atoms with E-state index in [1.54, 1.807) is 0 Å². The minimum Gasteiger partial charge on any atom is -0.478 e. The van der Waals surface area contributed by atoms with E-state index in [1.165, 1.54) is 18.3 Å². The minimum absolute atomic E-state index is 0.0353. The van der Waals surface area contributed by atoms with E-state index in [2.05, 4.69) is 10.1 Å². The number of pyridine rings is 1. The molecule has 0 aliphatic heterocycles. The van der Waals surface area contributed by atoms with Crippen molar-refractivity contribution in [1.29, 1.82) is 0 Å². The van der Waals surface area contributed by atoms with E-state index in [0.29, 0.717) is 0 Å². The summed E-state index contributed by atoms with van der Waals surface area (Å²) in [7, 11) is 0. The quantitative estimate of drug-likeness (QED) is 0.623. The summed E-state index contributed by atoms with van der Waals surface area (Å²) in [6, 6.07) is 2.81. The Bertz CT molecular complexity index is 592. The van der Waals surface area contributed by atoms with Gasteiger partial charge in [0.05, 0.1) is 4.92 Å². The summed E-state index contributed by atoms with van der Waals surface area (Å²) in [6.45, 7) is 0. The fourth-order valence-corrected chi connectivity index (χ4v) is 1.27. The third-order valence-corrected chi connectivity index (χ3v) is 2.01. The Morgan fingerprint density at radius 2 is 2.29 bits per heavy atom. The molecule has 2 aromatic rings. The Labute approximate surface area is 94.3 Å². The van der Waals surface area contributed by atoms with Gasteiger partial charge in [-0.15, -0.1) is 0 Å². The van der Waals surface area contributed by atoms with Crippen molar-refractivity contribution in [2.45, 2.75) is 0 Å². The maximum Gasteiger partial charge on any atom is 0.339 e. The number of carbonyl (C=O) groups is 1. The Morgan fingerprint density at radius 1 is 1.53 bits per heavy atom. The molecule has 8 heteroatoms. The first-order chi connectivity index (χ1) is 8.09. The third kappa shape index (κ3) is 1.95. The summed E-state index contributed by atoms with van der Waals surface area (Å²) in [4.78, 5) is 24.6. The van der Waals surface area contributed by atoms with Crippen molar-refractivity contribution < 1.29 is 14.8 Å². The summed E-state index contributed by atoms with van der Waals surface area (Å²) in [5.41, 5.74) is -0.308. The van der Waals surface area contributed by atoms with E-state index in [0.717, 1.165) is 17.1 Å². The fraction of sp³-hybridized carbons (Fsp3) is 0. The van der Waals surface area contributed by atoms with Gasteiger partial charge in [0.25, 0.3) is 0 Å². The van der Waals surface area contributed by atoms with Crippen LogP contribution in [0.1, 0.15) is 10.4 Å². The van der Waals surface area contributed by atoms with Gasteiger partial charge < -0.3 is 5.11 Å². The first-order valence-corrected chi connectivity index (χ1v) is 4.47. The second-order valence-electron chi connectivity index (χ2n) is 3.08. The van der Waals surface area contributed by atoms with Gasteiger partial charge in [-0.3, -0.25) is 10.1 Å². The molecule has 0 aliphatic rings. The van der Waals surface area contributed by atoms with Crippen LogP contribution in [0.2, 0.25) is 0 Å². The molecule has 0 fully saturated rings. The molecule has 0 bridgehead atoms. The number of nitro groups is 1. The molecule has 0 saturated heterocycles. The predicted octanol–water partition coefficient (Wildman–Crippen LogP) is 0.874. The number of aromatic nitrogens is 3. The molecule has 0 aliphatic carbocycles. The van der Waals surface area contributed by atoms with Gasteiger partial charge in [0, 0.05) is 6.20 Å². The smallest absolute Gasteiger partial charge is 0.339 e. The zero-order valence-corrected chi connectivity index (χ0v) is 8.35. The number of carboxylic acid groups (broad SMARTS) is 1. The van der Waals surface area contributed by atoms with Gasteiger partial charge >= 0.3 is 11.7 Å². The lowest BCUT2D eigenvalue weighted by Crippen LogP contribution is -2.07. The van der Waals surface area contributed by atoms with Gasteiger partial charge in [-0.1, -0.05) is 0 Å². The molecule has 0 amide bonds. The predicted molar refractivity (Wildman–Crippen MR) is 55.0 cm³/mol. The molecule has 0 atom stereocenters. The van der Waals surface area contributed by atoms with Crippen molar-refractivity contribution in [1.82, 2.24) is 14.8 Å². The summed E-state index contributed by atoms with van der Waals surface area (Å²) in [6.07, 6.45) is 3.52. The normalized spacial score (nSPS) is 10.1. The van der Waals surface area contributed by atoms with E-state index in [9.17, 15) is 14.9 Å². The molecule has 8 nitrogen and oxygen atoms in total. The monoisotopic (exact) mass is 234 g/mol. The molecule has 0 unspecified atom stereocenters. The Hall–Kier alpha value is -2.77. The van der Waals surface area contributed by atoms with Gasteiger partial charge in [0.1, 0.15) is 18.0 Å². The molecule has 0 radical (unpaired) electrons. The summed E-state index contributed by atoms with van der Waals surface area (Å²) in [5, 5.41) is 23.1. The lowest BCUT2D eigenvalue weighted by molar-refractivity contribution is -0.384. The highest BCUT2D eigenvalue weighted by Crippen LogP contribution is 2.15. The molecule has 2 rings (SSSR count). The summed E-state index contributed by atoms with van der Waals surface area (Å²) in [5.74, 6) is -1.14. The van der Waals surface area contributed by atoms with Crippen LogP contribution in [-0.2, 0) is 0 Å². The molecular formula is C9H6N4O4. The zero-order valence-electron chi connectivity index (χ0n) is 8.35. The van der Waals surface area contributed by atoms with Crippen molar-refractivity contribution in [3.05, 3.63) is 46.4 Å². The van der Waals surface area contributed by atoms with Gasteiger partial charge in [0.2, 0.25) is 0 Å².